The van der Waals surface area contributed by atoms with Gasteiger partial charge < -0.3 is 46.0 Å². The van der Waals surface area contributed by atoms with E-state index in [1.807, 2.05) is 255 Å². The molecule has 15 aromatic rings. The molecule has 0 unspecified atom stereocenters. The molecule has 15 rings (SSSR count). The van der Waals surface area contributed by atoms with Gasteiger partial charge in [0, 0.05) is 76.8 Å². The molecule has 9 N–H and O–H groups in total. The van der Waals surface area contributed by atoms with Crippen LogP contribution in [0, 0.1) is 0 Å². The molecular formula is C85H64O9. The van der Waals surface area contributed by atoms with Gasteiger partial charge in [-0.05, 0) is 116 Å². The zero-order valence-electron chi connectivity index (χ0n) is 51.1. The van der Waals surface area contributed by atoms with Gasteiger partial charge in [0.05, 0.1) is 0 Å². The first-order chi connectivity index (χ1) is 45.8. The molecule has 94 heavy (non-hydrogen) atoms. The third-order valence-electron chi connectivity index (χ3n) is 19.1. The van der Waals surface area contributed by atoms with Gasteiger partial charge in [-0.2, -0.15) is 0 Å². The Balaban J connectivity index is 1.01. The molecule has 0 saturated heterocycles. The van der Waals surface area contributed by atoms with Crippen LogP contribution < -0.4 is 0 Å². The van der Waals surface area contributed by atoms with Crippen LogP contribution in [-0.4, -0.2) is 46.0 Å². The lowest BCUT2D eigenvalue weighted by atomic mass is 9.78. The molecular weight excluding hydrogens is 1160 g/mol. The van der Waals surface area contributed by atoms with Crippen molar-refractivity contribution in [2.45, 2.75) is 44.4 Å². The van der Waals surface area contributed by atoms with E-state index in [1.165, 1.54) is 0 Å². The maximum Gasteiger partial charge on any atom is 0.126 e. The van der Waals surface area contributed by atoms with Crippen LogP contribution in [0.1, 0.15) is 89.4 Å². The Morgan fingerprint density at radius 1 is 0.170 bits per heavy atom. The van der Waals surface area contributed by atoms with Crippen molar-refractivity contribution in [3.8, 4) is 51.7 Å². The van der Waals surface area contributed by atoms with E-state index in [-0.39, 0.29) is 90.3 Å². The molecule has 0 heterocycles. The Hall–Kier alpha value is -11.9. The summed E-state index contributed by atoms with van der Waals surface area (Å²) < 4.78 is 0. The highest BCUT2D eigenvalue weighted by Gasteiger charge is 2.29. The molecule has 9 nitrogen and oxygen atoms in total. The number of phenolic OH excluding ortho intramolecular Hbond substituents is 9. The minimum Gasteiger partial charge on any atom is -0.507 e. The Labute approximate surface area is 542 Å². The summed E-state index contributed by atoms with van der Waals surface area (Å²) in [6.07, 6.45) is 0.434. The van der Waals surface area contributed by atoms with Crippen LogP contribution in [-0.2, 0) is 38.5 Å². The monoisotopic (exact) mass is 1230 g/mol. The third-order valence-corrected chi connectivity index (χ3v) is 19.1. The van der Waals surface area contributed by atoms with Crippen LogP contribution in [0.15, 0.2) is 255 Å². The highest BCUT2D eigenvalue weighted by atomic mass is 16.3. The zero-order valence-corrected chi connectivity index (χ0v) is 51.1. The second-order valence-electron chi connectivity index (χ2n) is 24.8. The maximum atomic E-state index is 13.0. The number of hydrogen-bond donors (Lipinski definition) is 9. The highest BCUT2D eigenvalue weighted by Crippen LogP contribution is 2.47. The van der Waals surface area contributed by atoms with Crippen molar-refractivity contribution in [1.29, 1.82) is 0 Å². The average Bonchev–Trinajstić information content (AvgIpc) is 0.768. The summed E-state index contributed by atoms with van der Waals surface area (Å²) in [6, 6.07) is 79.9. The lowest BCUT2D eigenvalue weighted by Gasteiger charge is -2.26. The van der Waals surface area contributed by atoms with Crippen LogP contribution in [0.3, 0.4) is 0 Å². The number of aromatic hydroxyl groups is 9. The highest BCUT2D eigenvalue weighted by molar-refractivity contribution is 5.94. The van der Waals surface area contributed by atoms with Crippen LogP contribution in [0.25, 0.3) is 64.6 Å². The molecule has 0 aliphatic rings. The summed E-state index contributed by atoms with van der Waals surface area (Å²) >= 11 is 0. The Morgan fingerprint density at radius 2 is 0.330 bits per heavy atom. The molecule has 0 fully saturated rings. The van der Waals surface area contributed by atoms with E-state index in [0.717, 1.165) is 32.3 Å². The summed E-state index contributed by atoms with van der Waals surface area (Å²) in [4.78, 5) is 0. The Kier molecular flexibility index (Phi) is 14.9. The third kappa shape index (κ3) is 10.7. The normalized spacial score (nSPS) is 11.7. The van der Waals surface area contributed by atoms with E-state index in [9.17, 15) is 46.0 Å². The van der Waals surface area contributed by atoms with Crippen molar-refractivity contribution in [2.75, 3.05) is 0 Å². The lowest BCUT2D eigenvalue weighted by molar-refractivity contribution is 0.458. The topological polar surface area (TPSA) is 182 Å². The van der Waals surface area contributed by atoms with Gasteiger partial charge in [-0.15, -0.1) is 0 Å². The largest absolute Gasteiger partial charge is 0.507 e. The molecule has 0 spiro atoms. The van der Waals surface area contributed by atoms with Gasteiger partial charge in [0.15, 0.2) is 0 Å². The van der Waals surface area contributed by atoms with Gasteiger partial charge in [-0.1, -0.05) is 255 Å². The van der Waals surface area contributed by atoms with E-state index in [0.29, 0.717) is 116 Å². The first-order valence-electron chi connectivity index (χ1n) is 31.5. The first kappa shape index (κ1) is 58.4. The molecule has 0 aliphatic carbocycles. The number of benzene rings is 15. The van der Waals surface area contributed by atoms with Crippen molar-refractivity contribution in [1.82, 2.24) is 0 Å². The van der Waals surface area contributed by atoms with E-state index in [2.05, 4.69) is 0 Å². The predicted molar refractivity (Wildman–Crippen MR) is 376 cm³/mol. The van der Waals surface area contributed by atoms with Crippen LogP contribution in [0.2, 0.25) is 0 Å². The quantitative estimate of drug-likeness (QED) is 0.0451. The van der Waals surface area contributed by atoms with E-state index in [1.54, 1.807) is 0 Å². The molecule has 0 saturated carbocycles. The zero-order chi connectivity index (χ0) is 64.3. The van der Waals surface area contributed by atoms with Crippen molar-refractivity contribution < 1.29 is 46.0 Å². The fourth-order valence-corrected chi connectivity index (χ4v) is 14.1. The van der Waals surface area contributed by atoms with Gasteiger partial charge in [-0.3, -0.25) is 0 Å². The second kappa shape index (κ2) is 24.0. The van der Waals surface area contributed by atoms with Crippen molar-refractivity contribution in [3.05, 3.63) is 338 Å². The van der Waals surface area contributed by atoms with E-state index < -0.39 is 5.92 Å². The molecule has 15 aromatic carbocycles. The number of phenols is 9. The maximum absolute atomic E-state index is 13.0. The summed E-state index contributed by atoms with van der Waals surface area (Å²) in [7, 11) is 0. The minimum absolute atomic E-state index is 0.0427. The molecule has 458 valence electrons. The number of hydrogen-bond acceptors (Lipinski definition) is 9. The van der Waals surface area contributed by atoms with Gasteiger partial charge in [-0.25, -0.2) is 0 Å². The molecule has 0 radical (unpaired) electrons. The molecule has 9 heteroatoms. The standard InChI is InChI=1S/C85H64O9/c86-77-64(37-55-31-25-49-13-1-7-19-70(49)80(55)89)43-61(44-65(77)38-56-32-26-50-14-2-8-20-71(50)81(56)90)76(62-45-66(39-57-33-27-51-15-3-9-21-72(51)82(57)91)78(87)67(46-62)40-58-34-28-52-16-4-10-22-73(52)83(58)92)63-47-68(41-59-35-29-53-17-5-11-23-74(53)84(59)93)79(88)69(48-63)42-60-36-30-54-18-6-12-24-75(54)85(60)94/h1-36,43-48,76,86-94H,37-42H2. The first-order valence-corrected chi connectivity index (χ1v) is 31.5. The Bertz CT molecular complexity index is 4670. The van der Waals surface area contributed by atoms with Crippen molar-refractivity contribution in [2.24, 2.45) is 0 Å². The molecule has 0 aliphatic heterocycles. The average molecular weight is 1230 g/mol. The smallest absolute Gasteiger partial charge is 0.126 e. The lowest BCUT2D eigenvalue weighted by Crippen LogP contribution is -2.10. The molecule has 0 bridgehead atoms. The fourth-order valence-electron chi connectivity index (χ4n) is 14.1. The van der Waals surface area contributed by atoms with Gasteiger partial charge in [0.1, 0.15) is 51.7 Å². The van der Waals surface area contributed by atoms with Crippen LogP contribution in [0.5, 0.6) is 51.7 Å². The molecule has 0 amide bonds. The number of rotatable bonds is 15. The molecule has 0 aromatic heterocycles. The summed E-state index contributed by atoms with van der Waals surface area (Å²) in [5.41, 5.74) is 8.08. The van der Waals surface area contributed by atoms with Crippen molar-refractivity contribution >= 4 is 64.6 Å². The fraction of sp³-hybridized carbons (Fsp3) is 0.0824. The van der Waals surface area contributed by atoms with Gasteiger partial charge >= 0.3 is 0 Å². The number of fused-ring (bicyclic) bond motifs is 6. The van der Waals surface area contributed by atoms with E-state index >= 15 is 0 Å². The van der Waals surface area contributed by atoms with Gasteiger partial charge in [0.2, 0.25) is 0 Å². The minimum atomic E-state index is -0.851. The molecule has 0 atom stereocenters. The van der Waals surface area contributed by atoms with Crippen molar-refractivity contribution in [3.63, 3.8) is 0 Å². The Morgan fingerprint density at radius 3 is 0.500 bits per heavy atom. The summed E-state index contributed by atoms with van der Waals surface area (Å²) in [5.74, 6) is -0.582. The second-order valence-corrected chi connectivity index (χ2v) is 24.8. The summed E-state index contributed by atoms with van der Waals surface area (Å²) in [5, 5.41) is 120. The van der Waals surface area contributed by atoms with Gasteiger partial charge in [0.25, 0.3) is 0 Å². The summed E-state index contributed by atoms with van der Waals surface area (Å²) in [6.45, 7) is 0. The predicted octanol–water partition coefficient (Wildman–Crippen LogP) is 18.7. The van der Waals surface area contributed by atoms with Crippen LogP contribution >= 0.6 is 0 Å². The SMILES string of the molecule is Oc1c(Cc2ccc3ccccc3c2O)cc(C(c2cc(Cc3ccc4ccccc4c3O)c(O)c(Cc3ccc4ccccc4c3O)c2)c2cc(Cc3ccc4ccccc4c3O)c(O)c(Cc3ccc4ccccc4c3O)c2)cc1Cc1ccc2ccccc2c1O. The van der Waals surface area contributed by atoms with E-state index in [4.69, 9.17) is 0 Å². The van der Waals surface area contributed by atoms with Crippen LogP contribution in [0.4, 0.5) is 0 Å².